The van der Waals surface area contributed by atoms with Crippen molar-refractivity contribution in [1.82, 2.24) is 5.32 Å². The number of benzene rings is 1. The molecule has 2 aliphatic rings. The van der Waals surface area contributed by atoms with Gasteiger partial charge in [-0.1, -0.05) is 25.1 Å². The highest BCUT2D eigenvalue weighted by Gasteiger charge is 2.40. The summed E-state index contributed by atoms with van der Waals surface area (Å²) in [6.07, 6.45) is 3.79. The minimum absolute atomic E-state index is 0.381. The predicted octanol–water partition coefficient (Wildman–Crippen LogP) is 3.10. The fraction of sp³-hybridized carbons (Fsp3) is 0.600. The first-order chi connectivity index (χ1) is 8.81. The second kappa shape index (κ2) is 5.14. The van der Waals surface area contributed by atoms with Crippen molar-refractivity contribution < 1.29 is 0 Å². The number of rotatable bonds is 2. The fourth-order valence-electron chi connectivity index (χ4n) is 2.99. The molecule has 2 heterocycles. The van der Waals surface area contributed by atoms with Crippen LogP contribution in [0.15, 0.2) is 30.3 Å². The first-order valence-electron chi connectivity index (χ1n) is 7.03. The number of anilines is 1. The molecule has 2 nitrogen and oxygen atoms in total. The minimum atomic E-state index is 0.381. The molecular formula is C15H22N2S. The van der Waals surface area contributed by atoms with Crippen molar-refractivity contribution in [2.45, 2.75) is 37.1 Å². The van der Waals surface area contributed by atoms with Crippen LogP contribution in [-0.2, 0) is 0 Å². The molecule has 0 amide bonds. The van der Waals surface area contributed by atoms with Crippen LogP contribution in [0.4, 0.5) is 5.69 Å². The van der Waals surface area contributed by atoms with E-state index < -0.39 is 0 Å². The molecule has 2 saturated heterocycles. The summed E-state index contributed by atoms with van der Waals surface area (Å²) in [6, 6.07) is 11.5. The molecule has 0 aromatic heterocycles. The van der Waals surface area contributed by atoms with Gasteiger partial charge in [-0.3, -0.25) is 5.32 Å². The lowest BCUT2D eigenvalue weighted by molar-refractivity contribution is 0.360. The van der Waals surface area contributed by atoms with E-state index in [9.17, 15) is 0 Å². The zero-order valence-electron chi connectivity index (χ0n) is 11.1. The van der Waals surface area contributed by atoms with Crippen LogP contribution in [0.1, 0.15) is 26.2 Å². The first-order valence-corrected chi connectivity index (χ1v) is 8.01. The number of hydrogen-bond donors (Lipinski definition) is 1. The van der Waals surface area contributed by atoms with Crippen molar-refractivity contribution in [3.05, 3.63) is 30.3 Å². The van der Waals surface area contributed by atoms with E-state index >= 15 is 0 Å². The quantitative estimate of drug-likeness (QED) is 0.881. The number of piperidine rings is 1. The molecule has 0 saturated carbocycles. The molecule has 3 rings (SSSR count). The normalized spacial score (nSPS) is 26.7. The van der Waals surface area contributed by atoms with Crippen LogP contribution in [0.5, 0.6) is 0 Å². The van der Waals surface area contributed by atoms with Crippen molar-refractivity contribution in [3.8, 4) is 0 Å². The molecule has 0 bridgehead atoms. The van der Waals surface area contributed by atoms with E-state index in [1.165, 1.54) is 43.8 Å². The molecule has 1 aromatic carbocycles. The molecule has 1 spiro atoms. The number of nitrogens with zero attached hydrogens (tertiary/aromatic N) is 1. The maximum absolute atomic E-state index is 3.86. The molecule has 2 aliphatic heterocycles. The van der Waals surface area contributed by atoms with E-state index in [1.54, 1.807) is 0 Å². The van der Waals surface area contributed by atoms with E-state index in [0.29, 0.717) is 4.87 Å². The van der Waals surface area contributed by atoms with E-state index in [4.69, 9.17) is 0 Å². The Morgan fingerprint density at radius 1 is 1.28 bits per heavy atom. The molecule has 0 aliphatic carbocycles. The zero-order chi connectivity index (χ0) is 12.4. The molecule has 98 valence electrons. The summed E-state index contributed by atoms with van der Waals surface area (Å²) < 4.78 is 0. The second-order valence-corrected chi connectivity index (χ2v) is 6.78. The summed E-state index contributed by atoms with van der Waals surface area (Å²) in [7, 11) is 0. The van der Waals surface area contributed by atoms with Gasteiger partial charge in [-0.2, -0.15) is 0 Å². The van der Waals surface area contributed by atoms with Crippen molar-refractivity contribution >= 4 is 17.4 Å². The van der Waals surface area contributed by atoms with Gasteiger partial charge < -0.3 is 4.90 Å². The van der Waals surface area contributed by atoms with E-state index in [-0.39, 0.29) is 0 Å². The van der Waals surface area contributed by atoms with Gasteiger partial charge in [-0.15, -0.1) is 11.8 Å². The molecule has 1 atom stereocenters. The van der Waals surface area contributed by atoms with Crippen LogP contribution in [0, 0.1) is 0 Å². The van der Waals surface area contributed by atoms with Crippen molar-refractivity contribution in [2.24, 2.45) is 0 Å². The summed E-state index contributed by atoms with van der Waals surface area (Å²) in [5, 5.41) is 3.86. The monoisotopic (exact) mass is 262 g/mol. The maximum atomic E-state index is 3.86. The van der Waals surface area contributed by atoms with Gasteiger partial charge in [-0.05, 0) is 31.4 Å². The molecule has 18 heavy (non-hydrogen) atoms. The lowest BCUT2D eigenvalue weighted by Crippen LogP contribution is -2.50. The summed E-state index contributed by atoms with van der Waals surface area (Å²) >= 11 is 2.16. The third-order valence-corrected chi connectivity index (χ3v) is 5.86. The van der Waals surface area contributed by atoms with E-state index in [0.717, 1.165) is 6.04 Å². The van der Waals surface area contributed by atoms with E-state index in [1.807, 2.05) is 0 Å². The molecule has 1 N–H and O–H groups in total. The largest absolute Gasteiger partial charge is 0.371 e. The van der Waals surface area contributed by atoms with Gasteiger partial charge in [0.05, 0.1) is 4.87 Å². The summed E-state index contributed by atoms with van der Waals surface area (Å²) in [6.45, 7) is 4.65. The van der Waals surface area contributed by atoms with Crippen LogP contribution < -0.4 is 10.2 Å². The standard InChI is InChI=1S/C15H22N2S/c1-2-13-12-18-15(16-13)8-10-17(11-9-15)14-6-4-3-5-7-14/h3-7,13,16H,2,8-12H2,1H3. The number of para-hydroxylation sites is 1. The highest BCUT2D eigenvalue weighted by molar-refractivity contribution is 8.00. The van der Waals surface area contributed by atoms with Crippen LogP contribution in [0.25, 0.3) is 0 Å². The van der Waals surface area contributed by atoms with Crippen LogP contribution in [-0.4, -0.2) is 29.8 Å². The second-order valence-electron chi connectivity index (χ2n) is 5.38. The molecule has 1 unspecified atom stereocenters. The Morgan fingerprint density at radius 2 is 2.00 bits per heavy atom. The average molecular weight is 262 g/mol. The van der Waals surface area contributed by atoms with Crippen LogP contribution in [0.2, 0.25) is 0 Å². The van der Waals surface area contributed by atoms with Gasteiger partial charge in [0, 0.05) is 30.6 Å². The maximum Gasteiger partial charge on any atom is 0.0682 e. The lowest BCUT2D eigenvalue weighted by Gasteiger charge is -2.40. The molecule has 2 fully saturated rings. The number of hydrogen-bond acceptors (Lipinski definition) is 3. The van der Waals surface area contributed by atoms with Gasteiger partial charge in [0.15, 0.2) is 0 Å². The predicted molar refractivity (Wildman–Crippen MR) is 80.3 cm³/mol. The smallest absolute Gasteiger partial charge is 0.0682 e. The SMILES string of the molecule is CCC1CSC2(CCN(c3ccccc3)CC2)N1. The summed E-state index contributed by atoms with van der Waals surface area (Å²) in [5.74, 6) is 1.29. The average Bonchev–Trinajstić information content (AvgIpc) is 2.84. The molecule has 3 heteroatoms. The third kappa shape index (κ3) is 2.39. The summed E-state index contributed by atoms with van der Waals surface area (Å²) in [4.78, 5) is 2.90. The highest BCUT2D eigenvalue weighted by atomic mass is 32.2. The highest BCUT2D eigenvalue weighted by Crippen LogP contribution is 2.40. The Hall–Kier alpha value is -0.670. The molecule has 1 aromatic rings. The Balaban J connectivity index is 1.62. The Kier molecular flexibility index (Phi) is 3.53. The van der Waals surface area contributed by atoms with Crippen LogP contribution in [0.3, 0.4) is 0 Å². The molecule has 0 radical (unpaired) electrons. The van der Waals surface area contributed by atoms with Crippen molar-refractivity contribution in [2.75, 3.05) is 23.7 Å². The number of nitrogens with one attached hydrogen (secondary N) is 1. The fourth-order valence-corrected chi connectivity index (χ4v) is 4.55. The van der Waals surface area contributed by atoms with Gasteiger partial charge in [-0.25, -0.2) is 0 Å². The van der Waals surface area contributed by atoms with Crippen LogP contribution >= 0.6 is 11.8 Å². The Bertz CT molecular complexity index is 385. The van der Waals surface area contributed by atoms with Gasteiger partial charge in [0.1, 0.15) is 0 Å². The van der Waals surface area contributed by atoms with Gasteiger partial charge in [0.2, 0.25) is 0 Å². The Labute approximate surface area is 114 Å². The van der Waals surface area contributed by atoms with Gasteiger partial charge in [0.25, 0.3) is 0 Å². The van der Waals surface area contributed by atoms with Crippen molar-refractivity contribution in [3.63, 3.8) is 0 Å². The minimum Gasteiger partial charge on any atom is -0.371 e. The third-order valence-electron chi connectivity index (χ3n) is 4.21. The van der Waals surface area contributed by atoms with E-state index in [2.05, 4.69) is 59.2 Å². The molecular weight excluding hydrogens is 240 g/mol. The summed E-state index contributed by atoms with van der Waals surface area (Å²) in [5.41, 5.74) is 1.38. The lowest BCUT2D eigenvalue weighted by atomic mass is 10.0. The first kappa shape index (κ1) is 12.4. The van der Waals surface area contributed by atoms with Gasteiger partial charge >= 0.3 is 0 Å². The Morgan fingerprint density at radius 3 is 2.61 bits per heavy atom. The topological polar surface area (TPSA) is 15.3 Å². The van der Waals surface area contributed by atoms with Crippen molar-refractivity contribution in [1.29, 1.82) is 0 Å². The number of thioether (sulfide) groups is 1. The zero-order valence-corrected chi connectivity index (χ0v) is 11.9.